The second kappa shape index (κ2) is 7.58. The molecule has 27 heavy (non-hydrogen) atoms. The van der Waals surface area contributed by atoms with E-state index in [4.69, 9.17) is 0 Å². The highest BCUT2D eigenvalue weighted by Gasteiger charge is 2.16. The number of aryl methyl sites for hydroxylation is 2. The van der Waals surface area contributed by atoms with Crippen molar-refractivity contribution in [3.63, 3.8) is 0 Å². The predicted octanol–water partition coefficient (Wildman–Crippen LogP) is 5.80. The lowest BCUT2D eigenvalue weighted by atomic mass is 9.94. The fourth-order valence-corrected chi connectivity index (χ4v) is 3.30. The van der Waals surface area contributed by atoms with Crippen LogP contribution in [0.3, 0.4) is 0 Å². The summed E-state index contributed by atoms with van der Waals surface area (Å²) in [5, 5.41) is 1.27. The summed E-state index contributed by atoms with van der Waals surface area (Å²) in [6.45, 7) is 7.80. The Morgan fingerprint density at radius 3 is 2.19 bits per heavy atom. The first-order valence-corrected chi connectivity index (χ1v) is 9.22. The van der Waals surface area contributed by atoms with E-state index in [-0.39, 0.29) is 12.6 Å². The van der Waals surface area contributed by atoms with E-state index in [9.17, 15) is 9.59 Å². The first kappa shape index (κ1) is 18.6. The highest BCUT2D eigenvalue weighted by Crippen LogP contribution is 2.22. The standard InChI is InChI=1S/C22H17NO2.C2H6.H2/c1-13-7-3-4-8-15(13)21(24)17-12-20-18(11-14(17)2)22(25)16-9-5-6-10-19(16)23-20;1-2;/h3-12H,1-2H3,(H,23,25);1-2H3;1H. The van der Waals surface area contributed by atoms with E-state index in [1.54, 1.807) is 6.07 Å². The molecule has 0 spiro atoms. The van der Waals surface area contributed by atoms with Crippen molar-refractivity contribution >= 4 is 27.6 Å². The molecule has 4 rings (SSSR count). The summed E-state index contributed by atoms with van der Waals surface area (Å²) in [7, 11) is 0. The Morgan fingerprint density at radius 2 is 1.44 bits per heavy atom. The van der Waals surface area contributed by atoms with Crippen molar-refractivity contribution in [3.8, 4) is 0 Å². The number of benzene rings is 3. The van der Waals surface area contributed by atoms with Crippen LogP contribution in [0.25, 0.3) is 21.8 Å². The first-order chi connectivity index (χ1) is 13.1. The van der Waals surface area contributed by atoms with E-state index < -0.39 is 0 Å². The number of hydrogen-bond acceptors (Lipinski definition) is 2. The zero-order valence-electron chi connectivity index (χ0n) is 16.1. The second-order valence-electron chi connectivity index (χ2n) is 6.36. The van der Waals surface area contributed by atoms with E-state index in [2.05, 4.69) is 4.98 Å². The van der Waals surface area contributed by atoms with Crippen LogP contribution in [0.4, 0.5) is 0 Å². The molecule has 0 unspecified atom stereocenters. The summed E-state index contributed by atoms with van der Waals surface area (Å²) in [5.74, 6) is -0.0218. The summed E-state index contributed by atoms with van der Waals surface area (Å²) in [4.78, 5) is 29.0. The molecule has 138 valence electrons. The molecule has 0 aliphatic rings. The van der Waals surface area contributed by atoms with Gasteiger partial charge >= 0.3 is 0 Å². The smallest absolute Gasteiger partial charge is 0.197 e. The molecule has 3 heteroatoms. The number of pyridine rings is 1. The average Bonchev–Trinajstić information content (AvgIpc) is 2.70. The van der Waals surface area contributed by atoms with Gasteiger partial charge in [-0.3, -0.25) is 9.59 Å². The number of ketones is 1. The minimum atomic E-state index is -0.0218. The Bertz CT molecular complexity index is 1210. The largest absolute Gasteiger partial charge is 0.354 e. The fraction of sp³-hybridized carbons (Fsp3) is 0.167. The summed E-state index contributed by atoms with van der Waals surface area (Å²) < 4.78 is 0. The Kier molecular flexibility index (Phi) is 5.22. The monoisotopic (exact) mass is 359 g/mol. The van der Waals surface area contributed by atoms with E-state index in [1.807, 2.05) is 82.3 Å². The molecule has 0 aliphatic carbocycles. The molecule has 0 fully saturated rings. The van der Waals surface area contributed by atoms with Gasteiger partial charge in [-0.2, -0.15) is 0 Å². The number of hydrogen-bond donors (Lipinski definition) is 1. The summed E-state index contributed by atoms with van der Waals surface area (Å²) >= 11 is 0. The van der Waals surface area contributed by atoms with Crippen LogP contribution in [0, 0.1) is 13.8 Å². The van der Waals surface area contributed by atoms with Crippen molar-refractivity contribution < 1.29 is 6.22 Å². The number of carbonyl (C=O) groups is 1. The van der Waals surface area contributed by atoms with Crippen LogP contribution in [0.15, 0.2) is 65.5 Å². The Labute approximate surface area is 160 Å². The van der Waals surface area contributed by atoms with Gasteiger partial charge in [-0.25, -0.2) is 0 Å². The third kappa shape index (κ3) is 3.28. The van der Waals surface area contributed by atoms with Gasteiger partial charge in [0.1, 0.15) is 0 Å². The van der Waals surface area contributed by atoms with Crippen LogP contribution >= 0.6 is 0 Å². The van der Waals surface area contributed by atoms with Gasteiger partial charge in [0.2, 0.25) is 0 Å². The molecule has 0 saturated carbocycles. The molecular weight excluding hydrogens is 334 g/mol. The Balaban J connectivity index is 0.000000906. The Hall–Kier alpha value is -3.20. The molecule has 0 atom stereocenters. The van der Waals surface area contributed by atoms with Crippen molar-refractivity contribution in [1.29, 1.82) is 0 Å². The highest BCUT2D eigenvalue weighted by molar-refractivity contribution is 6.12. The minimum Gasteiger partial charge on any atom is -0.354 e. The van der Waals surface area contributed by atoms with E-state index in [1.165, 1.54) is 0 Å². The molecule has 1 N–H and O–H groups in total. The van der Waals surface area contributed by atoms with Gasteiger partial charge in [0.15, 0.2) is 11.2 Å². The fourth-order valence-electron chi connectivity index (χ4n) is 3.30. The molecule has 0 saturated heterocycles. The van der Waals surface area contributed by atoms with Crippen molar-refractivity contribution in [2.24, 2.45) is 0 Å². The number of H-pyrrole nitrogens is 1. The van der Waals surface area contributed by atoms with Crippen LogP contribution in [0.2, 0.25) is 0 Å². The average molecular weight is 359 g/mol. The molecule has 1 heterocycles. The summed E-state index contributed by atoms with van der Waals surface area (Å²) in [6.07, 6.45) is 0. The lowest BCUT2D eigenvalue weighted by Gasteiger charge is -2.10. The third-order valence-corrected chi connectivity index (χ3v) is 4.68. The van der Waals surface area contributed by atoms with Gasteiger partial charge in [-0.15, -0.1) is 0 Å². The molecule has 3 nitrogen and oxygen atoms in total. The molecular formula is C24H25NO2. The van der Waals surface area contributed by atoms with Crippen molar-refractivity contribution in [3.05, 3.63) is 93.1 Å². The number of carbonyl (C=O) groups excluding carboxylic acids is 1. The number of para-hydroxylation sites is 1. The number of aromatic amines is 1. The Morgan fingerprint density at radius 1 is 0.778 bits per heavy atom. The van der Waals surface area contributed by atoms with Crippen LogP contribution < -0.4 is 5.43 Å². The minimum absolute atomic E-state index is 0. The predicted molar refractivity (Wildman–Crippen MR) is 115 cm³/mol. The maximum absolute atomic E-state index is 13.0. The van der Waals surface area contributed by atoms with E-state index in [0.29, 0.717) is 27.4 Å². The maximum Gasteiger partial charge on any atom is 0.197 e. The highest BCUT2D eigenvalue weighted by atomic mass is 16.1. The molecule has 0 bridgehead atoms. The van der Waals surface area contributed by atoms with E-state index >= 15 is 0 Å². The molecule has 0 radical (unpaired) electrons. The number of fused-ring (bicyclic) bond motifs is 2. The lowest BCUT2D eigenvalue weighted by Crippen LogP contribution is -2.09. The topological polar surface area (TPSA) is 49.9 Å². The molecule has 4 aromatic rings. The summed E-state index contributed by atoms with van der Waals surface area (Å²) in [5.41, 5.74) is 4.51. The summed E-state index contributed by atoms with van der Waals surface area (Å²) in [6, 6.07) is 18.6. The van der Waals surface area contributed by atoms with Gasteiger partial charge in [0, 0.05) is 28.8 Å². The van der Waals surface area contributed by atoms with Crippen LogP contribution in [0.5, 0.6) is 0 Å². The first-order valence-electron chi connectivity index (χ1n) is 9.22. The van der Waals surface area contributed by atoms with Crippen molar-refractivity contribution in [1.82, 2.24) is 4.98 Å². The molecule has 0 amide bonds. The van der Waals surface area contributed by atoms with E-state index in [0.717, 1.165) is 16.6 Å². The zero-order valence-corrected chi connectivity index (χ0v) is 16.1. The van der Waals surface area contributed by atoms with Gasteiger partial charge in [0.05, 0.1) is 5.52 Å². The van der Waals surface area contributed by atoms with Gasteiger partial charge < -0.3 is 4.98 Å². The van der Waals surface area contributed by atoms with Crippen molar-refractivity contribution in [2.45, 2.75) is 27.7 Å². The lowest BCUT2D eigenvalue weighted by molar-refractivity contribution is 0.103. The van der Waals surface area contributed by atoms with Crippen LogP contribution in [-0.2, 0) is 0 Å². The zero-order chi connectivity index (χ0) is 19.6. The van der Waals surface area contributed by atoms with Crippen molar-refractivity contribution in [2.75, 3.05) is 0 Å². The quantitative estimate of drug-likeness (QED) is 0.363. The number of aromatic nitrogens is 1. The second-order valence-corrected chi connectivity index (χ2v) is 6.36. The SMILES string of the molecule is CC.Cc1ccccc1C(=O)c1cc2[nH]c3ccccc3c(=O)c2cc1C.[HH]. The van der Waals surface area contributed by atoms with Crippen LogP contribution in [0.1, 0.15) is 42.3 Å². The van der Waals surface area contributed by atoms with Gasteiger partial charge in [-0.1, -0.05) is 50.2 Å². The normalized spacial score (nSPS) is 10.5. The van der Waals surface area contributed by atoms with Gasteiger partial charge in [0.25, 0.3) is 0 Å². The third-order valence-electron chi connectivity index (χ3n) is 4.68. The maximum atomic E-state index is 13.0. The molecule has 1 aromatic heterocycles. The number of rotatable bonds is 2. The molecule has 3 aromatic carbocycles. The van der Waals surface area contributed by atoms with Gasteiger partial charge in [-0.05, 0) is 49.2 Å². The number of nitrogens with one attached hydrogen (secondary N) is 1. The van der Waals surface area contributed by atoms with Crippen LogP contribution in [-0.4, -0.2) is 10.8 Å². The molecule has 0 aliphatic heterocycles.